The molecule has 0 spiro atoms. The topological polar surface area (TPSA) is 15.3 Å². The molecule has 6 heteroatoms. The molecule has 1 heterocycles. The number of nitrogens with zero attached hydrogens (tertiary/aromatic N) is 1. The van der Waals surface area contributed by atoms with E-state index in [1.807, 2.05) is 0 Å². The Kier molecular flexibility index (Phi) is 5.13. The number of nitrogens with one attached hydrogen (secondary N) is 1. The van der Waals surface area contributed by atoms with Gasteiger partial charge >= 0.3 is 0 Å². The fourth-order valence-corrected chi connectivity index (χ4v) is 2.73. The molecule has 1 fully saturated rings. The zero-order valence-electron chi connectivity index (χ0n) is 10.8. The largest absolute Gasteiger partial charge is 0.314 e. The highest BCUT2D eigenvalue weighted by molar-refractivity contribution is 7.98. The number of hydrogen-bond donors (Lipinski definition) is 1. The molecule has 0 amide bonds. The van der Waals surface area contributed by atoms with E-state index in [2.05, 4.69) is 10.2 Å². The summed E-state index contributed by atoms with van der Waals surface area (Å²) in [6.45, 7) is 4.19. The first kappa shape index (κ1) is 14.7. The molecule has 2 rings (SSSR count). The number of thioether (sulfide) groups is 1. The van der Waals surface area contributed by atoms with Crippen molar-refractivity contribution in [1.29, 1.82) is 0 Å². The van der Waals surface area contributed by atoms with Gasteiger partial charge in [-0.05, 0) is 24.3 Å². The average molecular weight is 290 g/mol. The lowest BCUT2D eigenvalue weighted by Crippen LogP contribution is -2.44. The van der Waals surface area contributed by atoms with Gasteiger partial charge in [-0.2, -0.15) is 0 Å². The Balaban J connectivity index is 2.07. The van der Waals surface area contributed by atoms with Crippen LogP contribution in [0.15, 0.2) is 11.0 Å². The minimum absolute atomic E-state index is 0.117. The van der Waals surface area contributed by atoms with Crippen LogP contribution in [0.5, 0.6) is 0 Å². The molecule has 1 aliphatic heterocycles. The third-order valence-electron chi connectivity index (χ3n) is 3.30. The van der Waals surface area contributed by atoms with Crippen LogP contribution in [0.2, 0.25) is 0 Å². The second kappa shape index (κ2) is 6.63. The van der Waals surface area contributed by atoms with E-state index in [1.165, 1.54) is 6.26 Å². The third kappa shape index (κ3) is 3.43. The zero-order valence-corrected chi connectivity index (χ0v) is 11.6. The summed E-state index contributed by atoms with van der Waals surface area (Å²) >= 11 is 0.882. The Bertz CT molecular complexity index is 448. The maximum atomic E-state index is 13.8. The van der Waals surface area contributed by atoms with E-state index in [-0.39, 0.29) is 10.5 Å². The van der Waals surface area contributed by atoms with Gasteiger partial charge in [0.25, 0.3) is 0 Å². The Morgan fingerprint density at radius 3 is 2.53 bits per heavy atom. The quantitative estimate of drug-likeness (QED) is 0.676. The zero-order chi connectivity index (χ0) is 13.8. The third-order valence-corrected chi connectivity index (χ3v) is 4.09. The molecule has 0 aromatic heterocycles. The van der Waals surface area contributed by atoms with E-state index < -0.39 is 17.5 Å². The van der Waals surface area contributed by atoms with Gasteiger partial charge in [0.1, 0.15) is 5.82 Å². The lowest BCUT2D eigenvalue weighted by molar-refractivity contribution is 0.242. The van der Waals surface area contributed by atoms with Crippen LogP contribution >= 0.6 is 11.8 Å². The second-order valence-corrected chi connectivity index (χ2v) is 5.34. The molecule has 19 heavy (non-hydrogen) atoms. The molecule has 0 bridgehead atoms. The van der Waals surface area contributed by atoms with Crippen LogP contribution in [-0.2, 0) is 6.42 Å². The van der Waals surface area contributed by atoms with Crippen LogP contribution in [0, 0.1) is 17.5 Å². The van der Waals surface area contributed by atoms with E-state index in [0.717, 1.165) is 44.0 Å². The predicted molar refractivity (Wildman–Crippen MR) is 71.1 cm³/mol. The summed E-state index contributed by atoms with van der Waals surface area (Å²) in [5.74, 6) is -2.66. The lowest BCUT2D eigenvalue weighted by atomic mass is 10.1. The monoisotopic (exact) mass is 290 g/mol. The van der Waals surface area contributed by atoms with Gasteiger partial charge in [-0.25, -0.2) is 13.2 Å². The van der Waals surface area contributed by atoms with E-state index >= 15 is 0 Å². The fourth-order valence-electron chi connectivity index (χ4n) is 2.21. The molecule has 0 radical (unpaired) electrons. The number of hydrogen-bond acceptors (Lipinski definition) is 3. The molecule has 1 aromatic rings. The predicted octanol–water partition coefficient (Wildman–Crippen LogP) is 2.27. The van der Waals surface area contributed by atoms with Crippen molar-refractivity contribution in [2.75, 3.05) is 39.0 Å². The Morgan fingerprint density at radius 1 is 1.21 bits per heavy atom. The van der Waals surface area contributed by atoms with Crippen molar-refractivity contribution in [1.82, 2.24) is 10.2 Å². The molecule has 0 aliphatic carbocycles. The van der Waals surface area contributed by atoms with Crippen molar-refractivity contribution in [3.8, 4) is 0 Å². The Morgan fingerprint density at radius 2 is 1.89 bits per heavy atom. The minimum Gasteiger partial charge on any atom is -0.314 e. The van der Waals surface area contributed by atoms with Gasteiger partial charge in [0.15, 0.2) is 11.6 Å². The number of benzene rings is 1. The molecule has 1 aromatic carbocycles. The van der Waals surface area contributed by atoms with Crippen LogP contribution in [0.25, 0.3) is 0 Å². The van der Waals surface area contributed by atoms with Crippen molar-refractivity contribution < 1.29 is 13.2 Å². The molecule has 1 aliphatic rings. The second-order valence-electron chi connectivity index (χ2n) is 4.52. The molecular formula is C13H17F3N2S. The fraction of sp³-hybridized carbons (Fsp3) is 0.538. The number of piperazine rings is 1. The van der Waals surface area contributed by atoms with E-state index in [4.69, 9.17) is 0 Å². The molecular weight excluding hydrogens is 273 g/mol. The SMILES string of the molecule is CSc1c(F)cc(CCN2CCNCC2)c(F)c1F. The van der Waals surface area contributed by atoms with Crippen LogP contribution in [0.4, 0.5) is 13.2 Å². The van der Waals surface area contributed by atoms with E-state index in [9.17, 15) is 13.2 Å². The maximum absolute atomic E-state index is 13.8. The smallest absolute Gasteiger partial charge is 0.175 e. The highest BCUT2D eigenvalue weighted by Gasteiger charge is 2.19. The summed E-state index contributed by atoms with van der Waals surface area (Å²) in [4.78, 5) is 1.91. The standard InChI is InChI=1S/C13H17F3N2S/c1-19-13-10(14)8-9(11(15)12(13)16)2-5-18-6-3-17-4-7-18/h8,17H,2-7H2,1H3. The normalized spacial score (nSPS) is 16.8. The van der Waals surface area contributed by atoms with Crippen molar-refractivity contribution in [3.63, 3.8) is 0 Å². The van der Waals surface area contributed by atoms with Crippen molar-refractivity contribution in [2.45, 2.75) is 11.3 Å². The molecule has 1 N–H and O–H groups in total. The van der Waals surface area contributed by atoms with Crippen LogP contribution in [-0.4, -0.2) is 43.9 Å². The Labute approximate surface area is 115 Å². The van der Waals surface area contributed by atoms with Crippen LogP contribution in [0.1, 0.15) is 5.56 Å². The average Bonchev–Trinajstić information content (AvgIpc) is 2.43. The minimum atomic E-state index is -1.07. The molecule has 1 saturated heterocycles. The summed E-state index contributed by atoms with van der Waals surface area (Å²) in [5.41, 5.74) is 0.117. The summed E-state index contributed by atoms with van der Waals surface area (Å²) < 4.78 is 41.0. The highest BCUT2D eigenvalue weighted by Crippen LogP contribution is 2.27. The van der Waals surface area contributed by atoms with Crippen LogP contribution in [0.3, 0.4) is 0 Å². The van der Waals surface area contributed by atoms with Gasteiger partial charge in [-0.3, -0.25) is 0 Å². The van der Waals surface area contributed by atoms with E-state index in [0.29, 0.717) is 13.0 Å². The van der Waals surface area contributed by atoms with Gasteiger partial charge < -0.3 is 10.2 Å². The molecule has 106 valence electrons. The number of halogens is 3. The summed E-state index contributed by atoms with van der Waals surface area (Å²) in [6.07, 6.45) is 1.86. The van der Waals surface area contributed by atoms with Crippen molar-refractivity contribution in [3.05, 3.63) is 29.1 Å². The van der Waals surface area contributed by atoms with Gasteiger partial charge in [0, 0.05) is 32.7 Å². The first-order valence-corrected chi connectivity index (χ1v) is 7.49. The van der Waals surface area contributed by atoms with Gasteiger partial charge in [-0.1, -0.05) is 0 Å². The van der Waals surface area contributed by atoms with Crippen LogP contribution < -0.4 is 5.32 Å². The van der Waals surface area contributed by atoms with Gasteiger partial charge in [0.05, 0.1) is 4.90 Å². The number of rotatable bonds is 4. The lowest BCUT2D eigenvalue weighted by Gasteiger charge is -2.27. The molecule has 2 nitrogen and oxygen atoms in total. The molecule has 0 saturated carbocycles. The molecule has 0 unspecified atom stereocenters. The summed E-state index contributed by atoms with van der Waals surface area (Å²) in [6, 6.07) is 1.12. The first-order valence-electron chi connectivity index (χ1n) is 6.27. The van der Waals surface area contributed by atoms with Gasteiger partial charge in [-0.15, -0.1) is 11.8 Å². The van der Waals surface area contributed by atoms with E-state index in [1.54, 1.807) is 0 Å². The maximum Gasteiger partial charge on any atom is 0.175 e. The molecule has 0 atom stereocenters. The Hall–Kier alpha value is -0.720. The summed E-state index contributed by atoms with van der Waals surface area (Å²) in [5, 5.41) is 3.22. The van der Waals surface area contributed by atoms with Crippen molar-refractivity contribution >= 4 is 11.8 Å². The van der Waals surface area contributed by atoms with Crippen molar-refractivity contribution in [2.24, 2.45) is 0 Å². The highest BCUT2D eigenvalue weighted by atomic mass is 32.2. The summed E-state index contributed by atoms with van der Waals surface area (Å²) in [7, 11) is 0. The first-order chi connectivity index (χ1) is 9.13. The van der Waals surface area contributed by atoms with Gasteiger partial charge in [0.2, 0.25) is 0 Å².